The van der Waals surface area contributed by atoms with Gasteiger partial charge in [0.15, 0.2) is 0 Å². The molecule has 1 aliphatic carbocycles. The third kappa shape index (κ3) is 2.57. The first-order valence-electron chi connectivity index (χ1n) is 8.06. The predicted molar refractivity (Wildman–Crippen MR) is 82.1 cm³/mol. The first-order valence-corrected chi connectivity index (χ1v) is 8.06. The molecule has 6 nitrogen and oxygen atoms in total. The van der Waals surface area contributed by atoms with Crippen molar-refractivity contribution in [2.45, 2.75) is 31.5 Å². The highest BCUT2D eigenvalue weighted by molar-refractivity contribution is 4.98. The third-order valence-electron chi connectivity index (χ3n) is 5.26. The van der Waals surface area contributed by atoms with E-state index in [9.17, 15) is 0 Å². The largest absolute Gasteiger partial charge is 0.379 e. The molecule has 0 aromatic carbocycles. The van der Waals surface area contributed by atoms with E-state index in [1.165, 1.54) is 0 Å². The minimum absolute atomic E-state index is 0.268. The van der Waals surface area contributed by atoms with E-state index in [0.717, 1.165) is 50.1 Å². The molecule has 22 heavy (non-hydrogen) atoms. The number of fused-ring (bicyclic) bond motifs is 1. The molecule has 2 aliphatic rings. The number of hydrogen-bond donors (Lipinski definition) is 1. The van der Waals surface area contributed by atoms with Gasteiger partial charge in [-0.2, -0.15) is 5.10 Å². The molecule has 6 heteroatoms. The molecule has 2 aromatic heterocycles. The van der Waals surface area contributed by atoms with Crippen LogP contribution < -0.4 is 0 Å². The summed E-state index contributed by atoms with van der Waals surface area (Å²) in [5, 5.41) is 4.44. The summed E-state index contributed by atoms with van der Waals surface area (Å²) >= 11 is 0. The zero-order valence-corrected chi connectivity index (χ0v) is 12.9. The van der Waals surface area contributed by atoms with Crippen LogP contribution in [0, 0.1) is 11.8 Å². The molecule has 2 fully saturated rings. The van der Waals surface area contributed by atoms with Crippen LogP contribution in [0.5, 0.6) is 0 Å². The number of imidazole rings is 1. The highest BCUT2D eigenvalue weighted by Gasteiger charge is 2.43. The van der Waals surface area contributed by atoms with Gasteiger partial charge in [0.1, 0.15) is 5.82 Å². The summed E-state index contributed by atoms with van der Waals surface area (Å²) in [5.41, 5.74) is 0. The number of H-pyrrole nitrogens is 1. The van der Waals surface area contributed by atoms with Gasteiger partial charge in [-0.05, 0) is 30.7 Å². The topological polar surface area (TPSA) is 59.0 Å². The van der Waals surface area contributed by atoms with E-state index in [-0.39, 0.29) is 6.10 Å². The van der Waals surface area contributed by atoms with Gasteiger partial charge in [0.05, 0.1) is 18.7 Å². The van der Waals surface area contributed by atoms with Gasteiger partial charge in [-0.3, -0.25) is 9.58 Å². The zero-order chi connectivity index (χ0) is 14.9. The van der Waals surface area contributed by atoms with Crippen LogP contribution in [0.2, 0.25) is 0 Å². The van der Waals surface area contributed by atoms with Crippen LogP contribution in [0.3, 0.4) is 0 Å². The van der Waals surface area contributed by atoms with Crippen molar-refractivity contribution in [2.75, 3.05) is 20.2 Å². The molecular weight excluding hydrogens is 278 g/mol. The van der Waals surface area contributed by atoms with Crippen LogP contribution >= 0.6 is 0 Å². The number of rotatable bonds is 4. The van der Waals surface area contributed by atoms with Crippen molar-refractivity contribution in [2.24, 2.45) is 11.8 Å². The smallest absolute Gasteiger partial charge is 0.120 e. The second-order valence-corrected chi connectivity index (χ2v) is 6.55. The number of nitrogens with one attached hydrogen (secondary N) is 1. The number of likely N-dealkylation sites (tertiary alicyclic amines) is 1. The van der Waals surface area contributed by atoms with Crippen molar-refractivity contribution >= 4 is 0 Å². The molecule has 4 atom stereocenters. The molecule has 0 radical (unpaired) electrons. The van der Waals surface area contributed by atoms with Crippen LogP contribution in [0.15, 0.2) is 30.9 Å². The Bertz CT molecular complexity index is 582. The molecule has 4 rings (SSSR count). The van der Waals surface area contributed by atoms with Gasteiger partial charge in [-0.25, -0.2) is 4.98 Å². The molecule has 1 aliphatic heterocycles. The summed E-state index contributed by atoms with van der Waals surface area (Å²) in [6, 6.07) is 2.36. The van der Waals surface area contributed by atoms with E-state index in [2.05, 4.69) is 30.8 Å². The maximum absolute atomic E-state index is 5.78. The molecular formula is C16H23N5O. The van der Waals surface area contributed by atoms with E-state index >= 15 is 0 Å². The molecule has 2 aromatic rings. The maximum atomic E-state index is 5.78. The van der Waals surface area contributed by atoms with Gasteiger partial charge in [0.2, 0.25) is 0 Å². The Labute approximate surface area is 130 Å². The van der Waals surface area contributed by atoms with Gasteiger partial charge >= 0.3 is 0 Å². The van der Waals surface area contributed by atoms with Crippen molar-refractivity contribution in [3.63, 3.8) is 0 Å². The second-order valence-electron chi connectivity index (χ2n) is 6.55. The summed E-state index contributed by atoms with van der Waals surface area (Å²) in [7, 11) is 1.83. The van der Waals surface area contributed by atoms with Gasteiger partial charge < -0.3 is 9.72 Å². The minimum atomic E-state index is 0.268. The fourth-order valence-electron chi connectivity index (χ4n) is 4.22. The van der Waals surface area contributed by atoms with Crippen molar-refractivity contribution in [3.05, 3.63) is 36.7 Å². The summed E-state index contributed by atoms with van der Waals surface area (Å²) < 4.78 is 7.86. The first-order chi connectivity index (χ1) is 10.8. The van der Waals surface area contributed by atoms with Gasteiger partial charge in [0, 0.05) is 45.0 Å². The lowest BCUT2D eigenvalue weighted by Gasteiger charge is -2.37. The maximum Gasteiger partial charge on any atom is 0.120 e. The number of ether oxygens (including phenoxy) is 1. The Morgan fingerprint density at radius 1 is 1.27 bits per heavy atom. The van der Waals surface area contributed by atoms with Crippen molar-refractivity contribution in [1.29, 1.82) is 0 Å². The molecule has 0 bridgehead atoms. The minimum Gasteiger partial charge on any atom is -0.379 e. The fraction of sp³-hybridized carbons (Fsp3) is 0.625. The highest BCUT2D eigenvalue weighted by Crippen LogP contribution is 2.42. The molecule has 1 N–H and O–H groups in total. The third-order valence-corrected chi connectivity index (χ3v) is 5.26. The Morgan fingerprint density at radius 2 is 2.14 bits per heavy atom. The van der Waals surface area contributed by atoms with Crippen molar-refractivity contribution < 1.29 is 4.74 Å². The van der Waals surface area contributed by atoms with Crippen molar-refractivity contribution in [1.82, 2.24) is 24.6 Å². The lowest BCUT2D eigenvalue weighted by Crippen LogP contribution is -2.37. The zero-order valence-electron chi connectivity index (χ0n) is 12.9. The lowest BCUT2D eigenvalue weighted by atomic mass is 9.77. The van der Waals surface area contributed by atoms with Crippen LogP contribution in [0.1, 0.15) is 24.7 Å². The highest BCUT2D eigenvalue weighted by atomic mass is 16.5. The van der Waals surface area contributed by atoms with E-state index in [4.69, 9.17) is 4.74 Å². The number of aromatic amines is 1. The Balaban J connectivity index is 1.46. The van der Waals surface area contributed by atoms with Crippen LogP contribution in [0.4, 0.5) is 0 Å². The molecule has 0 amide bonds. The average Bonchev–Trinajstić information content (AvgIpc) is 3.27. The fourth-order valence-corrected chi connectivity index (χ4v) is 4.22. The van der Waals surface area contributed by atoms with E-state index in [0.29, 0.717) is 6.04 Å². The number of hydrogen-bond acceptors (Lipinski definition) is 4. The van der Waals surface area contributed by atoms with Crippen LogP contribution in [-0.4, -0.2) is 51.0 Å². The lowest BCUT2D eigenvalue weighted by molar-refractivity contribution is -0.00486. The summed E-state index contributed by atoms with van der Waals surface area (Å²) in [6.07, 6.45) is 10.2. The van der Waals surface area contributed by atoms with E-state index in [1.54, 1.807) is 0 Å². The Hall–Kier alpha value is -1.66. The molecule has 1 saturated carbocycles. The Morgan fingerprint density at radius 3 is 2.82 bits per heavy atom. The van der Waals surface area contributed by atoms with Crippen LogP contribution in [0.25, 0.3) is 0 Å². The first kappa shape index (κ1) is 14.0. The quantitative estimate of drug-likeness (QED) is 0.934. The predicted octanol–water partition coefficient (Wildman–Crippen LogP) is 1.70. The van der Waals surface area contributed by atoms with E-state index < -0.39 is 0 Å². The van der Waals surface area contributed by atoms with Crippen LogP contribution in [-0.2, 0) is 11.3 Å². The number of nitrogens with zero attached hydrogens (tertiary/aromatic N) is 4. The van der Waals surface area contributed by atoms with Gasteiger partial charge in [-0.15, -0.1) is 0 Å². The molecule has 118 valence electrons. The molecule has 0 unspecified atom stereocenters. The van der Waals surface area contributed by atoms with Crippen molar-refractivity contribution in [3.8, 4) is 0 Å². The summed E-state index contributed by atoms with van der Waals surface area (Å²) in [4.78, 5) is 10.1. The SMILES string of the molecule is CO[C@H]1C[C@@H]2CN(Cc3ncc[nH]3)C[C@@H]2C[C@@H]1n1cccn1. The van der Waals surface area contributed by atoms with Gasteiger partial charge in [-0.1, -0.05) is 0 Å². The normalized spacial score (nSPS) is 32.2. The monoisotopic (exact) mass is 301 g/mol. The standard InChI is InChI=1S/C16H23N5O/c1-22-15-8-13-10-20(11-16-17-4-5-18-16)9-12(13)7-14(15)21-6-2-3-19-21/h2-6,12-15H,7-11H2,1H3,(H,17,18)/t12-,13+,14-,15-/m0/s1. The average molecular weight is 301 g/mol. The van der Waals surface area contributed by atoms with E-state index in [1.807, 2.05) is 31.8 Å². The number of methoxy groups -OCH3 is 1. The summed E-state index contributed by atoms with van der Waals surface area (Å²) in [6.45, 7) is 3.22. The molecule has 1 saturated heterocycles. The molecule has 0 spiro atoms. The summed E-state index contributed by atoms with van der Waals surface area (Å²) in [5.74, 6) is 2.52. The number of aromatic nitrogens is 4. The Kier molecular flexibility index (Phi) is 3.72. The second kappa shape index (κ2) is 5.85. The van der Waals surface area contributed by atoms with Gasteiger partial charge in [0.25, 0.3) is 0 Å². The molecule has 3 heterocycles.